The van der Waals surface area contributed by atoms with Crippen LogP contribution in [0.3, 0.4) is 0 Å². The molecule has 2 heteroatoms. The Bertz CT molecular complexity index is 122. The van der Waals surface area contributed by atoms with E-state index in [0.717, 1.165) is 0 Å². The van der Waals surface area contributed by atoms with E-state index in [4.69, 9.17) is 4.74 Å². The third-order valence-corrected chi connectivity index (χ3v) is 2.58. The summed E-state index contributed by atoms with van der Waals surface area (Å²) in [5, 5.41) is 3.38. The molecule has 0 radical (unpaired) electrons. The molecule has 2 heterocycles. The van der Waals surface area contributed by atoms with Crippen molar-refractivity contribution in [2.24, 2.45) is 0 Å². The molecule has 2 aliphatic heterocycles. The summed E-state index contributed by atoms with van der Waals surface area (Å²) >= 11 is 0. The zero-order valence-corrected chi connectivity index (χ0v) is 6.47. The predicted octanol–water partition coefficient (Wildman–Crippen LogP) is 0.916. The van der Waals surface area contributed by atoms with Crippen molar-refractivity contribution in [1.29, 1.82) is 0 Å². The molecule has 2 rings (SSSR count). The van der Waals surface area contributed by atoms with Gasteiger partial charge in [-0.05, 0) is 32.7 Å². The van der Waals surface area contributed by atoms with Crippen molar-refractivity contribution in [2.75, 3.05) is 6.54 Å². The number of ether oxygens (including phenoxy) is 1. The van der Waals surface area contributed by atoms with Crippen LogP contribution in [-0.2, 0) is 4.74 Å². The lowest BCUT2D eigenvalue weighted by Gasteiger charge is -2.32. The first-order valence-corrected chi connectivity index (χ1v) is 4.25. The fraction of sp³-hybridized carbons (Fsp3) is 1.00. The van der Waals surface area contributed by atoms with E-state index < -0.39 is 0 Å². The highest BCUT2D eigenvalue weighted by Crippen LogP contribution is 2.25. The van der Waals surface area contributed by atoms with Crippen LogP contribution in [0.15, 0.2) is 0 Å². The summed E-state index contributed by atoms with van der Waals surface area (Å²) in [7, 11) is 0. The summed E-state index contributed by atoms with van der Waals surface area (Å²) in [6, 6.07) is 0.685. The van der Waals surface area contributed by atoms with Crippen LogP contribution in [0.1, 0.15) is 26.2 Å². The maximum absolute atomic E-state index is 5.70. The summed E-state index contributed by atoms with van der Waals surface area (Å²) in [5.74, 6) is 0. The van der Waals surface area contributed by atoms with E-state index >= 15 is 0 Å². The first-order chi connectivity index (χ1) is 4.86. The van der Waals surface area contributed by atoms with Gasteiger partial charge in [-0.25, -0.2) is 0 Å². The minimum atomic E-state index is 0.507. The maximum Gasteiger partial charge on any atom is 0.0733 e. The fourth-order valence-corrected chi connectivity index (χ4v) is 1.76. The lowest BCUT2D eigenvalue weighted by molar-refractivity contribution is 0.0162. The summed E-state index contributed by atoms with van der Waals surface area (Å²) in [5.41, 5.74) is 0. The Morgan fingerprint density at radius 1 is 1.30 bits per heavy atom. The third kappa shape index (κ3) is 1.06. The molecule has 2 fully saturated rings. The van der Waals surface area contributed by atoms with Gasteiger partial charge in [-0.1, -0.05) is 0 Å². The molecule has 0 saturated carbocycles. The minimum absolute atomic E-state index is 0.507. The second-order valence-corrected chi connectivity index (χ2v) is 3.41. The summed E-state index contributed by atoms with van der Waals surface area (Å²) < 4.78 is 5.70. The van der Waals surface area contributed by atoms with Gasteiger partial charge < -0.3 is 10.1 Å². The van der Waals surface area contributed by atoms with Crippen molar-refractivity contribution in [2.45, 2.75) is 44.4 Å². The molecule has 0 aromatic carbocycles. The van der Waals surface area contributed by atoms with Gasteiger partial charge in [0, 0.05) is 6.04 Å². The quantitative estimate of drug-likeness (QED) is 0.586. The van der Waals surface area contributed by atoms with E-state index in [1.54, 1.807) is 0 Å². The normalized spacial score (nSPS) is 47.1. The molecule has 58 valence electrons. The molecule has 2 saturated heterocycles. The van der Waals surface area contributed by atoms with E-state index in [1.165, 1.54) is 25.8 Å². The van der Waals surface area contributed by atoms with Crippen LogP contribution >= 0.6 is 0 Å². The predicted molar refractivity (Wildman–Crippen MR) is 40.0 cm³/mol. The molecule has 0 spiro atoms. The second-order valence-electron chi connectivity index (χ2n) is 3.41. The molecular formula is C8H15NO. The van der Waals surface area contributed by atoms with Crippen molar-refractivity contribution in [3.05, 3.63) is 0 Å². The first kappa shape index (κ1) is 6.62. The molecule has 0 aromatic rings. The van der Waals surface area contributed by atoms with Crippen LogP contribution in [0.2, 0.25) is 0 Å². The Kier molecular flexibility index (Phi) is 1.66. The van der Waals surface area contributed by atoms with Crippen molar-refractivity contribution in [3.63, 3.8) is 0 Å². The Labute approximate surface area is 61.9 Å². The molecule has 10 heavy (non-hydrogen) atoms. The molecule has 1 N–H and O–H groups in total. The van der Waals surface area contributed by atoms with E-state index in [9.17, 15) is 0 Å². The van der Waals surface area contributed by atoms with Gasteiger partial charge in [-0.3, -0.25) is 0 Å². The van der Waals surface area contributed by atoms with Crippen LogP contribution in [-0.4, -0.2) is 24.8 Å². The van der Waals surface area contributed by atoms with Gasteiger partial charge in [-0.2, -0.15) is 0 Å². The van der Waals surface area contributed by atoms with E-state index in [1.807, 2.05) is 0 Å². The van der Waals surface area contributed by atoms with Gasteiger partial charge in [0.2, 0.25) is 0 Å². The van der Waals surface area contributed by atoms with Crippen LogP contribution in [0.4, 0.5) is 0 Å². The average Bonchev–Trinajstić information content (AvgIpc) is 2.10. The SMILES string of the molecule is CC1CCC(C2CCN2)O1. The van der Waals surface area contributed by atoms with Gasteiger partial charge in [0.15, 0.2) is 0 Å². The molecule has 3 atom stereocenters. The lowest BCUT2D eigenvalue weighted by Crippen LogP contribution is -2.50. The third-order valence-electron chi connectivity index (χ3n) is 2.58. The number of nitrogens with one attached hydrogen (secondary N) is 1. The average molecular weight is 141 g/mol. The molecule has 0 bridgehead atoms. The van der Waals surface area contributed by atoms with E-state index in [-0.39, 0.29) is 0 Å². The van der Waals surface area contributed by atoms with Crippen LogP contribution in [0.5, 0.6) is 0 Å². The zero-order chi connectivity index (χ0) is 6.97. The smallest absolute Gasteiger partial charge is 0.0733 e. The largest absolute Gasteiger partial charge is 0.374 e. The molecule has 0 aliphatic carbocycles. The summed E-state index contributed by atoms with van der Waals surface area (Å²) in [6.45, 7) is 3.36. The second kappa shape index (κ2) is 2.51. The monoisotopic (exact) mass is 141 g/mol. The lowest BCUT2D eigenvalue weighted by atomic mass is 9.99. The summed E-state index contributed by atoms with van der Waals surface area (Å²) in [4.78, 5) is 0. The Morgan fingerprint density at radius 3 is 2.50 bits per heavy atom. The molecule has 0 aromatic heterocycles. The van der Waals surface area contributed by atoms with Crippen molar-refractivity contribution in [3.8, 4) is 0 Å². The fourth-order valence-electron chi connectivity index (χ4n) is 1.76. The minimum Gasteiger partial charge on any atom is -0.374 e. The molecule has 0 amide bonds. The van der Waals surface area contributed by atoms with Gasteiger partial charge in [0.05, 0.1) is 12.2 Å². The van der Waals surface area contributed by atoms with Gasteiger partial charge in [-0.15, -0.1) is 0 Å². The highest BCUT2D eigenvalue weighted by atomic mass is 16.5. The number of hydrogen-bond donors (Lipinski definition) is 1. The Balaban J connectivity index is 1.82. The van der Waals surface area contributed by atoms with Gasteiger partial charge in [0.1, 0.15) is 0 Å². The van der Waals surface area contributed by atoms with Crippen LogP contribution in [0, 0.1) is 0 Å². The number of rotatable bonds is 1. The highest BCUT2D eigenvalue weighted by molar-refractivity contribution is 4.88. The number of hydrogen-bond acceptors (Lipinski definition) is 2. The molecule has 2 aliphatic rings. The Morgan fingerprint density at radius 2 is 2.10 bits per heavy atom. The van der Waals surface area contributed by atoms with E-state index in [0.29, 0.717) is 18.2 Å². The van der Waals surface area contributed by atoms with Crippen LogP contribution < -0.4 is 5.32 Å². The van der Waals surface area contributed by atoms with Crippen molar-refractivity contribution < 1.29 is 4.74 Å². The van der Waals surface area contributed by atoms with Gasteiger partial charge in [0.25, 0.3) is 0 Å². The maximum atomic E-state index is 5.70. The standard InChI is InChI=1S/C8H15NO/c1-6-2-3-8(10-6)7-4-5-9-7/h6-9H,2-5H2,1H3. The first-order valence-electron chi connectivity index (χ1n) is 4.25. The zero-order valence-electron chi connectivity index (χ0n) is 6.47. The highest BCUT2D eigenvalue weighted by Gasteiger charge is 2.32. The molecule has 2 nitrogen and oxygen atoms in total. The van der Waals surface area contributed by atoms with Crippen molar-refractivity contribution in [1.82, 2.24) is 5.32 Å². The van der Waals surface area contributed by atoms with E-state index in [2.05, 4.69) is 12.2 Å². The summed E-state index contributed by atoms with van der Waals surface area (Å²) in [6.07, 6.45) is 4.87. The Hall–Kier alpha value is -0.0800. The van der Waals surface area contributed by atoms with Gasteiger partial charge >= 0.3 is 0 Å². The van der Waals surface area contributed by atoms with Crippen molar-refractivity contribution >= 4 is 0 Å². The van der Waals surface area contributed by atoms with Crippen LogP contribution in [0.25, 0.3) is 0 Å². The molecular weight excluding hydrogens is 126 g/mol. The topological polar surface area (TPSA) is 21.3 Å². The molecule has 3 unspecified atom stereocenters.